The first kappa shape index (κ1) is 14.9. The molecule has 6 heteroatoms. The topological polar surface area (TPSA) is 47.8 Å². The average molecular weight is 323 g/mol. The summed E-state index contributed by atoms with van der Waals surface area (Å²) in [4.78, 5) is 4.60. The van der Waals surface area contributed by atoms with E-state index >= 15 is 0 Å². The third kappa shape index (κ3) is 4.01. The van der Waals surface area contributed by atoms with Crippen LogP contribution in [0.1, 0.15) is 37.8 Å². The van der Waals surface area contributed by atoms with E-state index in [-0.39, 0.29) is 0 Å². The Kier molecular flexibility index (Phi) is 4.85. The number of hydrogen-bond donors (Lipinski definition) is 0. The predicted molar refractivity (Wildman–Crippen MR) is 87.6 cm³/mol. The van der Waals surface area contributed by atoms with Gasteiger partial charge in [-0.1, -0.05) is 19.3 Å². The minimum Gasteiger partial charge on any atom is -0.275 e. The Balaban J connectivity index is 1.57. The molecule has 1 aliphatic carbocycles. The average Bonchev–Trinajstić information content (AvgIpc) is 3.09. The van der Waals surface area contributed by atoms with Crippen molar-refractivity contribution in [3.8, 4) is 10.6 Å². The second-order valence-corrected chi connectivity index (χ2v) is 8.16. The zero-order chi connectivity index (χ0) is 14.7. The molecule has 1 aliphatic rings. The number of thiazole rings is 1. The van der Waals surface area contributed by atoms with Gasteiger partial charge in [-0.3, -0.25) is 8.89 Å². The standard InChI is InChI=1S/C15H21N3OS2/c1-18-8-13(7-16-18)15-17-14(9-20-15)11-21(19)10-12-5-3-2-4-6-12/h7-9,12H,2-6,10-11H2,1H3/t21-/m1/s1. The number of rotatable bonds is 5. The third-order valence-corrected chi connectivity index (χ3v) is 6.36. The molecule has 0 bridgehead atoms. The molecule has 1 atom stereocenters. The van der Waals surface area contributed by atoms with Crippen LogP contribution < -0.4 is 0 Å². The largest absolute Gasteiger partial charge is 0.275 e. The van der Waals surface area contributed by atoms with Crippen LogP contribution in [-0.4, -0.2) is 24.7 Å². The van der Waals surface area contributed by atoms with Gasteiger partial charge in [0.05, 0.1) is 17.6 Å². The van der Waals surface area contributed by atoms with Crippen LogP contribution in [0.3, 0.4) is 0 Å². The normalized spacial score (nSPS) is 18.0. The molecular weight excluding hydrogens is 302 g/mol. The maximum Gasteiger partial charge on any atom is 0.126 e. The summed E-state index contributed by atoms with van der Waals surface area (Å²) in [6.45, 7) is 0. The zero-order valence-electron chi connectivity index (χ0n) is 12.3. The van der Waals surface area contributed by atoms with Gasteiger partial charge >= 0.3 is 0 Å². The second kappa shape index (κ2) is 6.83. The van der Waals surface area contributed by atoms with E-state index in [9.17, 15) is 4.21 Å². The Bertz CT molecular complexity index is 614. The van der Waals surface area contributed by atoms with Crippen LogP contribution in [0.4, 0.5) is 0 Å². The zero-order valence-corrected chi connectivity index (χ0v) is 14.0. The van der Waals surface area contributed by atoms with E-state index in [0.29, 0.717) is 11.7 Å². The molecule has 0 unspecified atom stereocenters. The van der Waals surface area contributed by atoms with E-state index < -0.39 is 10.8 Å². The van der Waals surface area contributed by atoms with Crippen molar-refractivity contribution in [1.82, 2.24) is 14.8 Å². The van der Waals surface area contributed by atoms with Crippen molar-refractivity contribution in [1.29, 1.82) is 0 Å². The van der Waals surface area contributed by atoms with Gasteiger partial charge in [-0.25, -0.2) is 4.98 Å². The molecule has 0 N–H and O–H groups in total. The van der Waals surface area contributed by atoms with Crippen LogP contribution in [0.25, 0.3) is 10.6 Å². The molecule has 2 aromatic heterocycles. The Morgan fingerprint density at radius 2 is 2.19 bits per heavy atom. The molecule has 0 radical (unpaired) electrons. The maximum atomic E-state index is 12.3. The molecule has 21 heavy (non-hydrogen) atoms. The van der Waals surface area contributed by atoms with E-state index in [1.807, 2.05) is 24.8 Å². The lowest BCUT2D eigenvalue weighted by Crippen LogP contribution is -2.15. The summed E-state index contributed by atoms with van der Waals surface area (Å²) in [6, 6.07) is 0. The smallest absolute Gasteiger partial charge is 0.126 e. The predicted octanol–water partition coefficient (Wildman–Crippen LogP) is 3.37. The van der Waals surface area contributed by atoms with E-state index in [1.165, 1.54) is 32.1 Å². The highest BCUT2D eigenvalue weighted by Crippen LogP contribution is 2.26. The molecule has 1 saturated carbocycles. The van der Waals surface area contributed by atoms with Gasteiger partial charge in [0.15, 0.2) is 0 Å². The molecule has 0 spiro atoms. The lowest BCUT2D eigenvalue weighted by atomic mass is 9.91. The molecule has 4 nitrogen and oxygen atoms in total. The molecule has 114 valence electrons. The van der Waals surface area contributed by atoms with E-state index in [4.69, 9.17) is 0 Å². The monoisotopic (exact) mass is 323 g/mol. The van der Waals surface area contributed by atoms with Crippen molar-refractivity contribution in [2.45, 2.75) is 37.9 Å². The minimum absolute atomic E-state index is 0.591. The van der Waals surface area contributed by atoms with E-state index in [2.05, 4.69) is 10.1 Å². The SMILES string of the molecule is Cn1cc(-c2nc(C[S@](=O)CC3CCCCC3)cs2)cn1. The summed E-state index contributed by atoms with van der Waals surface area (Å²) in [5.41, 5.74) is 1.99. The van der Waals surface area contributed by atoms with Crippen molar-refractivity contribution in [3.63, 3.8) is 0 Å². The highest BCUT2D eigenvalue weighted by atomic mass is 32.2. The van der Waals surface area contributed by atoms with Gasteiger partial charge in [-0.2, -0.15) is 5.10 Å². The number of hydrogen-bond acceptors (Lipinski definition) is 4. The summed E-state index contributed by atoms with van der Waals surface area (Å²) in [5, 5.41) is 7.16. The Hall–Kier alpha value is -1.01. The first-order valence-corrected chi connectivity index (χ1v) is 9.86. The van der Waals surface area contributed by atoms with Crippen LogP contribution >= 0.6 is 11.3 Å². The molecule has 0 aromatic carbocycles. The molecular formula is C15H21N3OS2. The van der Waals surface area contributed by atoms with Crippen LogP contribution in [0.2, 0.25) is 0 Å². The van der Waals surface area contributed by atoms with Gasteiger partial charge in [0.1, 0.15) is 5.01 Å². The summed E-state index contributed by atoms with van der Waals surface area (Å²) >= 11 is 1.61. The first-order chi connectivity index (χ1) is 10.2. The Morgan fingerprint density at radius 1 is 1.38 bits per heavy atom. The molecule has 1 fully saturated rings. The molecule has 0 saturated heterocycles. The van der Waals surface area contributed by atoms with Crippen LogP contribution in [0, 0.1) is 5.92 Å². The molecule has 2 heterocycles. The van der Waals surface area contributed by atoms with Crippen LogP contribution in [0.15, 0.2) is 17.8 Å². The molecule has 0 amide bonds. The number of aryl methyl sites for hydroxylation is 1. The molecule has 3 rings (SSSR count). The lowest BCUT2D eigenvalue weighted by molar-refractivity contribution is 0.388. The highest BCUT2D eigenvalue weighted by Gasteiger charge is 2.17. The lowest BCUT2D eigenvalue weighted by Gasteiger charge is -2.20. The van der Waals surface area contributed by atoms with Gasteiger partial charge in [0.25, 0.3) is 0 Å². The molecule has 2 aromatic rings. The second-order valence-electron chi connectivity index (χ2n) is 5.80. The van der Waals surface area contributed by atoms with E-state index in [1.54, 1.807) is 16.0 Å². The summed E-state index contributed by atoms with van der Waals surface area (Å²) in [5.74, 6) is 2.10. The fourth-order valence-corrected chi connectivity index (χ4v) is 5.23. The molecule has 0 aliphatic heterocycles. The van der Waals surface area contributed by atoms with Crippen LogP contribution in [-0.2, 0) is 23.6 Å². The summed E-state index contributed by atoms with van der Waals surface area (Å²) in [6.07, 6.45) is 10.3. The fourth-order valence-electron chi connectivity index (χ4n) is 2.88. The first-order valence-electron chi connectivity index (χ1n) is 7.49. The van der Waals surface area contributed by atoms with Gasteiger partial charge in [-0.05, 0) is 18.8 Å². The Morgan fingerprint density at radius 3 is 2.90 bits per heavy atom. The van der Waals surface area contributed by atoms with Gasteiger partial charge in [-0.15, -0.1) is 11.3 Å². The minimum atomic E-state index is -0.783. The highest BCUT2D eigenvalue weighted by molar-refractivity contribution is 7.84. The summed E-state index contributed by atoms with van der Waals surface area (Å²) < 4.78 is 14.1. The fraction of sp³-hybridized carbons (Fsp3) is 0.600. The summed E-state index contributed by atoms with van der Waals surface area (Å²) in [7, 11) is 1.12. The number of nitrogens with zero attached hydrogens (tertiary/aromatic N) is 3. The quantitative estimate of drug-likeness (QED) is 0.847. The van der Waals surface area contributed by atoms with Gasteiger partial charge in [0, 0.05) is 40.7 Å². The number of aromatic nitrogens is 3. The van der Waals surface area contributed by atoms with Gasteiger partial charge in [0.2, 0.25) is 0 Å². The van der Waals surface area contributed by atoms with Crippen molar-refractivity contribution in [2.75, 3.05) is 5.75 Å². The van der Waals surface area contributed by atoms with Crippen LogP contribution in [0.5, 0.6) is 0 Å². The van der Waals surface area contributed by atoms with Gasteiger partial charge < -0.3 is 0 Å². The van der Waals surface area contributed by atoms with Crippen molar-refractivity contribution in [3.05, 3.63) is 23.5 Å². The van der Waals surface area contributed by atoms with Crippen molar-refractivity contribution < 1.29 is 4.21 Å². The Labute approximate surface area is 132 Å². The maximum absolute atomic E-state index is 12.3. The third-order valence-electron chi connectivity index (χ3n) is 3.96. The van der Waals surface area contributed by atoms with Crippen molar-refractivity contribution >= 4 is 22.1 Å². The van der Waals surface area contributed by atoms with E-state index in [0.717, 1.165) is 22.0 Å². The van der Waals surface area contributed by atoms with Crippen molar-refractivity contribution in [2.24, 2.45) is 13.0 Å².